The van der Waals surface area contributed by atoms with Crippen molar-refractivity contribution in [2.75, 3.05) is 19.8 Å². The minimum absolute atomic E-state index is 0.0917. The van der Waals surface area contributed by atoms with Gasteiger partial charge in [-0.2, -0.15) is 0 Å². The van der Waals surface area contributed by atoms with Gasteiger partial charge in [-0.3, -0.25) is 13.8 Å². The fraction of sp³-hybridized carbons (Fsp3) is 0.968. The molecule has 0 spiro atoms. The van der Waals surface area contributed by atoms with Gasteiger partial charge in [-0.25, -0.2) is 4.57 Å². The van der Waals surface area contributed by atoms with E-state index < -0.39 is 20.0 Å². The summed E-state index contributed by atoms with van der Waals surface area (Å²) in [5.41, 5.74) is 5.34. The van der Waals surface area contributed by atoms with E-state index in [1.54, 1.807) is 0 Å². The number of aliphatic hydroxyl groups is 1. The Morgan fingerprint density at radius 1 is 0.725 bits per heavy atom. The third kappa shape index (κ3) is 26.4. The molecule has 0 saturated carbocycles. The van der Waals surface area contributed by atoms with Gasteiger partial charge in [0, 0.05) is 13.0 Å². The van der Waals surface area contributed by atoms with Crippen molar-refractivity contribution in [3.8, 4) is 0 Å². The highest BCUT2D eigenvalue weighted by molar-refractivity contribution is 7.47. The standard InChI is InChI=1S/C31H65N2O6P/c1-3-5-7-9-11-13-14-15-17-18-20-22-24-30(34)29(28-39-40(36,37)38-27-26-32)33-31(35)25-23-21-19-16-12-10-8-6-4-2/h29-30,34H,3-28,32H2,1-2H3,(H,33,35)(H,36,37). The van der Waals surface area contributed by atoms with E-state index in [0.29, 0.717) is 12.8 Å². The van der Waals surface area contributed by atoms with Crippen molar-refractivity contribution in [2.24, 2.45) is 5.73 Å². The van der Waals surface area contributed by atoms with Gasteiger partial charge in [0.15, 0.2) is 0 Å². The lowest BCUT2D eigenvalue weighted by atomic mass is 10.0. The molecule has 0 aromatic heterocycles. The highest BCUT2D eigenvalue weighted by Gasteiger charge is 2.27. The van der Waals surface area contributed by atoms with Crippen molar-refractivity contribution < 1.29 is 28.4 Å². The Morgan fingerprint density at radius 3 is 1.60 bits per heavy atom. The summed E-state index contributed by atoms with van der Waals surface area (Å²) in [7, 11) is -4.29. The Morgan fingerprint density at radius 2 is 1.15 bits per heavy atom. The van der Waals surface area contributed by atoms with E-state index >= 15 is 0 Å². The van der Waals surface area contributed by atoms with Crippen LogP contribution in [0.15, 0.2) is 0 Å². The van der Waals surface area contributed by atoms with Gasteiger partial charge in [-0.15, -0.1) is 0 Å². The molecule has 0 aliphatic rings. The summed E-state index contributed by atoms with van der Waals surface area (Å²) in [5.74, 6) is -0.166. The first-order valence-electron chi connectivity index (χ1n) is 16.7. The van der Waals surface area contributed by atoms with Crippen LogP contribution >= 0.6 is 7.82 Å². The number of amides is 1. The molecule has 0 saturated heterocycles. The average Bonchev–Trinajstić information content (AvgIpc) is 2.93. The molecule has 0 radical (unpaired) electrons. The Kier molecular flexibility index (Phi) is 28.3. The van der Waals surface area contributed by atoms with E-state index in [0.717, 1.165) is 38.5 Å². The molecule has 0 aromatic carbocycles. The molecular weight excluding hydrogens is 527 g/mol. The van der Waals surface area contributed by atoms with Gasteiger partial charge in [0.05, 0.1) is 25.4 Å². The smallest absolute Gasteiger partial charge is 0.391 e. The van der Waals surface area contributed by atoms with Gasteiger partial charge in [-0.05, 0) is 12.8 Å². The monoisotopic (exact) mass is 592 g/mol. The van der Waals surface area contributed by atoms with E-state index in [1.807, 2.05) is 0 Å². The fourth-order valence-corrected chi connectivity index (χ4v) is 5.66. The largest absolute Gasteiger partial charge is 0.472 e. The number of carbonyl (C=O) groups is 1. The van der Waals surface area contributed by atoms with Crippen molar-refractivity contribution >= 4 is 13.7 Å². The number of aliphatic hydroxyl groups excluding tert-OH is 1. The molecule has 40 heavy (non-hydrogen) atoms. The summed E-state index contributed by atoms with van der Waals surface area (Å²) in [4.78, 5) is 22.4. The maximum atomic E-state index is 12.6. The second-order valence-electron chi connectivity index (χ2n) is 11.4. The molecule has 0 aromatic rings. The topological polar surface area (TPSA) is 131 Å². The molecule has 0 aliphatic heterocycles. The summed E-state index contributed by atoms with van der Waals surface area (Å²) >= 11 is 0. The summed E-state index contributed by atoms with van der Waals surface area (Å²) in [6.07, 6.45) is 25.3. The van der Waals surface area contributed by atoms with Crippen molar-refractivity contribution in [1.82, 2.24) is 5.32 Å². The van der Waals surface area contributed by atoms with Crippen LogP contribution in [-0.4, -0.2) is 47.8 Å². The van der Waals surface area contributed by atoms with Crippen molar-refractivity contribution in [3.63, 3.8) is 0 Å². The van der Waals surface area contributed by atoms with Crippen molar-refractivity contribution in [1.29, 1.82) is 0 Å². The lowest BCUT2D eigenvalue weighted by molar-refractivity contribution is -0.123. The van der Waals surface area contributed by atoms with Gasteiger partial charge in [-0.1, -0.05) is 142 Å². The first-order chi connectivity index (χ1) is 19.4. The molecule has 0 bridgehead atoms. The molecule has 1 amide bonds. The lowest BCUT2D eigenvalue weighted by Gasteiger charge is -2.25. The second-order valence-corrected chi connectivity index (χ2v) is 12.8. The molecule has 3 unspecified atom stereocenters. The van der Waals surface area contributed by atoms with E-state index in [1.165, 1.54) is 96.3 Å². The molecule has 0 rings (SSSR count). The number of nitrogens with one attached hydrogen (secondary N) is 1. The number of carbonyl (C=O) groups excluding carboxylic acids is 1. The van der Waals surface area contributed by atoms with Crippen LogP contribution < -0.4 is 11.1 Å². The van der Waals surface area contributed by atoms with Gasteiger partial charge < -0.3 is 21.1 Å². The maximum Gasteiger partial charge on any atom is 0.472 e. The number of hydrogen-bond acceptors (Lipinski definition) is 6. The van der Waals surface area contributed by atoms with E-state index in [-0.39, 0.29) is 25.7 Å². The van der Waals surface area contributed by atoms with Crippen molar-refractivity contribution in [3.05, 3.63) is 0 Å². The highest BCUT2D eigenvalue weighted by atomic mass is 31.2. The Hall–Kier alpha value is -0.500. The minimum atomic E-state index is -4.29. The average molecular weight is 593 g/mol. The Balaban J connectivity index is 4.32. The number of phosphoric ester groups is 1. The van der Waals surface area contributed by atoms with Crippen LogP contribution in [-0.2, 0) is 18.4 Å². The third-order valence-electron chi connectivity index (χ3n) is 7.46. The molecule has 0 aliphatic carbocycles. The van der Waals surface area contributed by atoms with Gasteiger partial charge in [0.2, 0.25) is 5.91 Å². The molecule has 3 atom stereocenters. The first-order valence-corrected chi connectivity index (χ1v) is 18.1. The third-order valence-corrected chi connectivity index (χ3v) is 8.45. The molecule has 5 N–H and O–H groups in total. The summed E-state index contributed by atoms with van der Waals surface area (Å²) in [5, 5.41) is 13.6. The van der Waals surface area contributed by atoms with Crippen LogP contribution in [0.25, 0.3) is 0 Å². The predicted molar refractivity (Wildman–Crippen MR) is 166 cm³/mol. The first kappa shape index (κ1) is 39.5. The van der Waals surface area contributed by atoms with E-state index in [9.17, 15) is 19.4 Å². The number of unbranched alkanes of at least 4 members (excludes halogenated alkanes) is 19. The number of rotatable bonds is 31. The Labute approximate surface area is 246 Å². The highest BCUT2D eigenvalue weighted by Crippen LogP contribution is 2.43. The molecule has 8 nitrogen and oxygen atoms in total. The SMILES string of the molecule is CCCCCCCCCCCCCCC(O)C(COP(=O)(O)OCCN)NC(=O)CCCCCCCCCCC. The van der Waals surface area contributed by atoms with E-state index in [2.05, 4.69) is 19.2 Å². The summed E-state index contributed by atoms with van der Waals surface area (Å²) < 4.78 is 22.0. The zero-order valence-corrected chi connectivity index (χ0v) is 27.0. The molecule has 0 heterocycles. The maximum absolute atomic E-state index is 12.6. The van der Waals surface area contributed by atoms with Crippen LogP contribution in [0.2, 0.25) is 0 Å². The molecule has 0 fully saturated rings. The van der Waals surface area contributed by atoms with Gasteiger partial charge in [0.25, 0.3) is 0 Å². The van der Waals surface area contributed by atoms with Crippen LogP contribution in [0.4, 0.5) is 0 Å². The van der Waals surface area contributed by atoms with Gasteiger partial charge >= 0.3 is 7.82 Å². The minimum Gasteiger partial charge on any atom is -0.391 e. The second kappa shape index (κ2) is 28.6. The number of hydrogen-bond donors (Lipinski definition) is 4. The number of phosphoric acid groups is 1. The molecule has 9 heteroatoms. The Bertz CT molecular complexity index is 610. The van der Waals surface area contributed by atoms with Crippen LogP contribution in [0.3, 0.4) is 0 Å². The summed E-state index contributed by atoms with van der Waals surface area (Å²) in [6, 6.07) is -0.763. The lowest BCUT2D eigenvalue weighted by Crippen LogP contribution is -2.46. The predicted octanol–water partition coefficient (Wildman–Crippen LogP) is 7.94. The molecule has 240 valence electrons. The fourth-order valence-electron chi connectivity index (χ4n) is 4.90. The zero-order chi connectivity index (χ0) is 29.7. The number of nitrogens with two attached hydrogens (primary N) is 1. The normalized spacial score (nSPS) is 14.6. The van der Waals surface area contributed by atoms with E-state index in [4.69, 9.17) is 14.8 Å². The van der Waals surface area contributed by atoms with Crippen LogP contribution in [0, 0.1) is 0 Å². The van der Waals surface area contributed by atoms with Crippen LogP contribution in [0.5, 0.6) is 0 Å². The summed E-state index contributed by atoms with van der Waals surface area (Å²) in [6.45, 7) is 4.16. The van der Waals surface area contributed by atoms with Crippen molar-refractivity contribution in [2.45, 2.75) is 174 Å². The van der Waals surface area contributed by atoms with Crippen LogP contribution in [0.1, 0.15) is 162 Å². The zero-order valence-electron chi connectivity index (χ0n) is 26.1. The quantitative estimate of drug-likeness (QED) is 0.0475. The van der Waals surface area contributed by atoms with Gasteiger partial charge in [0.1, 0.15) is 0 Å². The molecular formula is C31H65N2O6P.